The first kappa shape index (κ1) is 11.2. The second-order valence-electron chi connectivity index (χ2n) is 3.03. The Balaban J connectivity index is 3.94. The van der Waals surface area contributed by atoms with E-state index in [1.807, 2.05) is 0 Å². The Morgan fingerprint density at radius 2 is 1.92 bits per heavy atom. The molecule has 0 saturated carbocycles. The standard InChI is InChI=1S/C9H16O3/c1-6(5-10)4-7(2)9(12)8(3)11/h7,9-12H,1,3-5H2,2H3/t7-,9+/m0/s1. The smallest absolute Gasteiger partial charge is 0.114 e. The fraction of sp³-hybridized carbons (Fsp3) is 0.556. The molecule has 70 valence electrons. The Bertz CT molecular complexity index is 175. The van der Waals surface area contributed by atoms with E-state index in [-0.39, 0.29) is 18.3 Å². The van der Waals surface area contributed by atoms with E-state index in [1.54, 1.807) is 6.92 Å². The molecule has 0 aromatic rings. The van der Waals surface area contributed by atoms with E-state index in [2.05, 4.69) is 13.2 Å². The van der Waals surface area contributed by atoms with Crippen molar-refractivity contribution in [2.24, 2.45) is 5.92 Å². The van der Waals surface area contributed by atoms with E-state index in [0.29, 0.717) is 12.0 Å². The number of rotatable bonds is 5. The lowest BCUT2D eigenvalue weighted by Crippen LogP contribution is -2.20. The zero-order valence-electron chi connectivity index (χ0n) is 7.32. The Morgan fingerprint density at radius 3 is 2.25 bits per heavy atom. The van der Waals surface area contributed by atoms with E-state index < -0.39 is 6.10 Å². The van der Waals surface area contributed by atoms with Gasteiger partial charge in [-0.25, -0.2) is 0 Å². The van der Waals surface area contributed by atoms with Crippen LogP contribution in [0.15, 0.2) is 24.5 Å². The highest BCUT2D eigenvalue weighted by Gasteiger charge is 2.17. The van der Waals surface area contributed by atoms with Crippen molar-refractivity contribution in [2.45, 2.75) is 19.4 Å². The molecule has 0 amide bonds. The van der Waals surface area contributed by atoms with Crippen LogP contribution in [0.4, 0.5) is 0 Å². The summed E-state index contributed by atoms with van der Waals surface area (Å²) >= 11 is 0. The number of aliphatic hydroxyl groups excluding tert-OH is 3. The number of hydrogen-bond acceptors (Lipinski definition) is 3. The Kier molecular flexibility index (Phi) is 4.62. The largest absolute Gasteiger partial charge is 0.510 e. The van der Waals surface area contributed by atoms with E-state index >= 15 is 0 Å². The second-order valence-corrected chi connectivity index (χ2v) is 3.03. The van der Waals surface area contributed by atoms with Crippen LogP contribution in [0.3, 0.4) is 0 Å². The van der Waals surface area contributed by atoms with Gasteiger partial charge in [0, 0.05) is 0 Å². The number of hydrogen-bond donors (Lipinski definition) is 3. The van der Waals surface area contributed by atoms with Crippen molar-refractivity contribution in [3.63, 3.8) is 0 Å². The maximum atomic E-state index is 9.27. The van der Waals surface area contributed by atoms with Crippen molar-refractivity contribution >= 4 is 0 Å². The van der Waals surface area contributed by atoms with Gasteiger partial charge in [0.15, 0.2) is 0 Å². The first-order chi connectivity index (χ1) is 5.49. The van der Waals surface area contributed by atoms with Gasteiger partial charge in [-0.2, -0.15) is 0 Å². The highest BCUT2D eigenvalue weighted by Crippen LogP contribution is 2.16. The van der Waals surface area contributed by atoms with Gasteiger partial charge in [0.1, 0.15) is 11.9 Å². The summed E-state index contributed by atoms with van der Waals surface area (Å²) in [6.45, 7) is 8.47. The molecule has 0 aliphatic carbocycles. The van der Waals surface area contributed by atoms with Gasteiger partial charge < -0.3 is 15.3 Å². The van der Waals surface area contributed by atoms with Crippen molar-refractivity contribution in [2.75, 3.05) is 6.61 Å². The van der Waals surface area contributed by atoms with Crippen LogP contribution in [-0.4, -0.2) is 28.0 Å². The van der Waals surface area contributed by atoms with Crippen molar-refractivity contribution in [1.82, 2.24) is 0 Å². The molecule has 3 heteroatoms. The summed E-state index contributed by atoms with van der Waals surface area (Å²) in [4.78, 5) is 0. The van der Waals surface area contributed by atoms with Gasteiger partial charge >= 0.3 is 0 Å². The molecule has 2 atom stereocenters. The minimum Gasteiger partial charge on any atom is -0.510 e. The van der Waals surface area contributed by atoms with Crippen LogP contribution in [0.1, 0.15) is 13.3 Å². The van der Waals surface area contributed by atoms with Crippen LogP contribution in [0, 0.1) is 5.92 Å². The molecular weight excluding hydrogens is 156 g/mol. The predicted octanol–water partition coefficient (Wildman–Crippen LogP) is 0.994. The molecule has 0 rings (SSSR count). The first-order valence-electron chi connectivity index (χ1n) is 3.82. The van der Waals surface area contributed by atoms with Crippen molar-refractivity contribution in [1.29, 1.82) is 0 Å². The maximum absolute atomic E-state index is 9.27. The minimum atomic E-state index is -0.937. The third-order valence-corrected chi connectivity index (χ3v) is 1.71. The molecule has 0 fully saturated rings. The van der Waals surface area contributed by atoms with Gasteiger partial charge in [0.2, 0.25) is 0 Å². The number of aliphatic hydroxyl groups is 3. The minimum absolute atomic E-state index is 0.0883. The molecule has 3 N–H and O–H groups in total. The third kappa shape index (κ3) is 3.55. The van der Waals surface area contributed by atoms with Crippen molar-refractivity contribution < 1.29 is 15.3 Å². The molecule has 12 heavy (non-hydrogen) atoms. The fourth-order valence-corrected chi connectivity index (χ4v) is 0.960. The molecule has 0 radical (unpaired) electrons. The second kappa shape index (κ2) is 4.95. The molecule has 0 unspecified atom stereocenters. The van der Waals surface area contributed by atoms with Crippen LogP contribution in [0.5, 0.6) is 0 Å². The van der Waals surface area contributed by atoms with E-state index in [0.717, 1.165) is 0 Å². The molecule has 0 saturated heterocycles. The van der Waals surface area contributed by atoms with Gasteiger partial charge in [-0.3, -0.25) is 0 Å². The Hall–Kier alpha value is -0.800. The monoisotopic (exact) mass is 172 g/mol. The highest BCUT2D eigenvalue weighted by molar-refractivity contribution is 5.00. The lowest BCUT2D eigenvalue weighted by Gasteiger charge is -2.17. The quantitative estimate of drug-likeness (QED) is 0.428. The molecule has 0 aromatic carbocycles. The van der Waals surface area contributed by atoms with E-state index in [9.17, 15) is 5.11 Å². The molecule has 0 aromatic heterocycles. The average Bonchev–Trinajstić information content (AvgIpc) is 2.02. The SMILES string of the molecule is C=C(CO)C[C@H](C)[C@@H](O)C(=C)O. The zero-order valence-corrected chi connectivity index (χ0v) is 7.32. The summed E-state index contributed by atoms with van der Waals surface area (Å²) in [6, 6.07) is 0. The Labute approximate surface area is 72.7 Å². The molecule has 0 aliphatic heterocycles. The summed E-state index contributed by atoms with van der Waals surface area (Å²) in [5.74, 6) is -0.407. The zero-order chi connectivity index (χ0) is 9.72. The van der Waals surface area contributed by atoms with Gasteiger partial charge in [-0.15, -0.1) is 0 Å². The average molecular weight is 172 g/mol. The van der Waals surface area contributed by atoms with Crippen LogP contribution in [0.25, 0.3) is 0 Å². The third-order valence-electron chi connectivity index (χ3n) is 1.71. The van der Waals surface area contributed by atoms with Gasteiger partial charge in [0.25, 0.3) is 0 Å². The molecule has 0 bridgehead atoms. The fourth-order valence-electron chi connectivity index (χ4n) is 0.960. The molecule has 0 heterocycles. The Morgan fingerprint density at radius 1 is 1.42 bits per heavy atom. The van der Waals surface area contributed by atoms with E-state index in [4.69, 9.17) is 10.2 Å². The van der Waals surface area contributed by atoms with Crippen LogP contribution >= 0.6 is 0 Å². The molecule has 0 aliphatic rings. The lowest BCUT2D eigenvalue weighted by atomic mass is 9.96. The maximum Gasteiger partial charge on any atom is 0.114 e. The molecular formula is C9H16O3. The first-order valence-corrected chi connectivity index (χ1v) is 3.82. The summed E-state index contributed by atoms with van der Waals surface area (Å²) in [6.07, 6.45) is -0.453. The molecule has 3 nitrogen and oxygen atoms in total. The van der Waals surface area contributed by atoms with Crippen molar-refractivity contribution in [3.8, 4) is 0 Å². The topological polar surface area (TPSA) is 60.7 Å². The van der Waals surface area contributed by atoms with Crippen molar-refractivity contribution in [3.05, 3.63) is 24.5 Å². The predicted molar refractivity (Wildman–Crippen MR) is 47.8 cm³/mol. The normalized spacial score (nSPS) is 15.2. The summed E-state index contributed by atoms with van der Waals surface area (Å²) in [5, 5.41) is 26.7. The lowest BCUT2D eigenvalue weighted by molar-refractivity contribution is 0.104. The summed E-state index contributed by atoms with van der Waals surface area (Å²) in [5.41, 5.74) is 0.641. The van der Waals surface area contributed by atoms with Crippen LogP contribution < -0.4 is 0 Å². The summed E-state index contributed by atoms with van der Waals surface area (Å²) < 4.78 is 0. The van der Waals surface area contributed by atoms with Gasteiger partial charge in [-0.05, 0) is 12.3 Å². The van der Waals surface area contributed by atoms with Gasteiger partial charge in [-0.1, -0.05) is 25.7 Å². The van der Waals surface area contributed by atoms with Crippen LogP contribution in [0.2, 0.25) is 0 Å². The van der Waals surface area contributed by atoms with E-state index in [1.165, 1.54) is 0 Å². The summed E-state index contributed by atoms with van der Waals surface area (Å²) in [7, 11) is 0. The molecule has 0 spiro atoms. The van der Waals surface area contributed by atoms with Crippen LogP contribution in [-0.2, 0) is 0 Å². The van der Waals surface area contributed by atoms with Gasteiger partial charge in [0.05, 0.1) is 6.61 Å². The highest BCUT2D eigenvalue weighted by atomic mass is 16.3.